The Balaban J connectivity index is 1.91. The summed E-state index contributed by atoms with van der Waals surface area (Å²) in [6.07, 6.45) is 2.83. The predicted molar refractivity (Wildman–Crippen MR) is 204 cm³/mol. The van der Waals surface area contributed by atoms with E-state index >= 15 is 0 Å². The van der Waals surface area contributed by atoms with Crippen molar-refractivity contribution < 1.29 is 67.8 Å². The van der Waals surface area contributed by atoms with E-state index in [1.807, 2.05) is 0 Å². The lowest BCUT2D eigenvalue weighted by molar-refractivity contribution is -0.160. The van der Waals surface area contributed by atoms with Crippen molar-refractivity contribution in [3.8, 4) is 11.5 Å². The number of aliphatic imine (C=N–C) groups is 1. The molecule has 0 aromatic heterocycles. The molecular formula is C41H52N2O14. The maximum absolute atomic E-state index is 14.4. The van der Waals surface area contributed by atoms with Crippen LogP contribution in [0.3, 0.4) is 0 Å². The number of ketones is 3. The number of benzene rings is 1. The van der Waals surface area contributed by atoms with E-state index < -0.39 is 118 Å². The Kier molecular flexibility index (Phi) is 14.0. The molecule has 3 aliphatic heterocycles. The van der Waals surface area contributed by atoms with Gasteiger partial charge in [0.15, 0.2) is 5.78 Å². The van der Waals surface area contributed by atoms with Crippen LogP contribution in [0.25, 0.3) is 0 Å². The number of nitrogens with zero attached hydrogens (tertiary/aromatic N) is 1. The minimum absolute atomic E-state index is 0.0526. The molecule has 0 radical (unpaired) electrons. The minimum Gasteiger partial charge on any atom is -0.507 e. The first-order valence-corrected chi connectivity index (χ1v) is 18.6. The SMILES string of the molecule is COC(=O)CCN=C1C(=O)c2c3c(O)c(C)c4c2C(=O)C(C)(OC=CC(OC)C(C)C(OC(C)=O)C(C)C(O)C(C)C(O)C(C)C=CC=C(C)C(=O)NC1C3=O)O4. The molecule has 5 bridgehead atoms. The Morgan fingerprint density at radius 2 is 1.61 bits per heavy atom. The molecule has 1 amide bonds. The summed E-state index contributed by atoms with van der Waals surface area (Å²) in [5.41, 5.74) is -1.85. The Bertz CT molecular complexity index is 1930. The van der Waals surface area contributed by atoms with E-state index in [-0.39, 0.29) is 35.4 Å². The summed E-state index contributed by atoms with van der Waals surface area (Å²) in [6, 6.07) is -1.73. The molecule has 1 aromatic carbocycles. The lowest BCUT2D eigenvalue weighted by Crippen LogP contribution is -2.53. The summed E-state index contributed by atoms with van der Waals surface area (Å²) >= 11 is 0. The lowest BCUT2D eigenvalue weighted by Gasteiger charge is -2.38. The molecule has 310 valence electrons. The third-order valence-corrected chi connectivity index (χ3v) is 10.9. The number of methoxy groups -OCH3 is 2. The molecule has 1 aliphatic carbocycles. The molecule has 0 saturated heterocycles. The van der Waals surface area contributed by atoms with E-state index in [4.69, 9.17) is 18.9 Å². The summed E-state index contributed by atoms with van der Waals surface area (Å²) in [6.45, 7) is 11.8. The molecule has 10 atom stereocenters. The molecule has 4 N–H and O–H groups in total. The molecule has 0 fully saturated rings. The maximum Gasteiger partial charge on any atom is 0.312 e. The van der Waals surface area contributed by atoms with Gasteiger partial charge in [-0.2, -0.15) is 0 Å². The van der Waals surface area contributed by atoms with Gasteiger partial charge in [0.25, 0.3) is 5.78 Å². The average Bonchev–Trinajstić information content (AvgIpc) is 3.44. The van der Waals surface area contributed by atoms with Gasteiger partial charge < -0.3 is 44.3 Å². The standard InChI is InChI=1S/C41H52N2O14/c1-18-12-11-13-19(2)40(52)43-31-30(42-16-14-26(45)54-10)35(49)27-28(36(31)50)34(48)23(6)38-29(27)39(51)41(8,57-38)55-17-15-25(53-9)20(3)37(56-24(7)44)22(5)33(47)21(4)32(18)46/h11-13,15,17-18,20-22,25,31-33,37,46-48H,14,16H2,1-10H3,(H,43,52). The van der Waals surface area contributed by atoms with Gasteiger partial charge in [-0.3, -0.25) is 33.8 Å². The van der Waals surface area contributed by atoms with Gasteiger partial charge in [-0.25, -0.2) is 0 Å². The number of phenols is 1. The molecule has 16 heteroatoms. The third kappa shape index (κ3) is 8.87. The number of fused-ring (bicyclic) bond motifs is 14. The van der Waals surface area contributed by atoms with E-state index in [0.29, 0.717) is 0 Å². The second-order valence-electron chi connectivity index (χ2n) is 14.9. The summed E-state index contributed by atoms with van der Waals surface area (Å²) in [7, 11) is 2.57. The second kappa shape index (κ2) is 17.9. The van der Waals surface area contributed by atoms with Crippen molar-refractivity contribution >= 4 is 40.9 Å². The Morgan fingerprint density at radius 3 is 2.23 bits per heavy atom. The highest BCUT2D eigenvalue weighted by molar-refractivity contribution is 6.57. The normalized spacial score (nSPS) is 31.7. The topological polar surface area (TPSA) is 234 Å². The van der Waals surface area contributed by atoms with Crippen LogP contribution in [0.5, 0.6) is 11.5 Å². The first-order chi connectivity index (χ1) is 26.7. The molecule has 10 unspecified atom stereocenters. The third-order valence-electron chi connectivity index (χ3n) is 10.9. The summed E-state index contributed by atoms with van der Waals surface area (Å²) in [4.78, 5) is 84.9. The highest BCUT2D eigenvalue weighted by atomic mass is 16.7. The van der Waals surface area contributed by atoms with E-state index in [9.17, 15) is 44.1 Å². The fourth-order valence-corrected chi connectivity index (χ4v) is 7.34. The fraction of sp³-hybridized carbons (Fsp3) is 0.537. The molecular weight excluding hydrogens is 744 g/mol. The zero-order valence-electron chi connectivity index (χ0n) is 33.8. The number of allylic oxidation sites excluding steroid dienone is 2. The first-order valence-electron chi connectivity index (χ1n) is 18.6. The summed E-state index contributed by atoms with van der Waals surface area (Å²) in [5, 5.41) is 36.6. The summed E-state index contributed by atoms with van der Waals surface area (Å²) in [5.74, 6) is -10.5. The van der Waals surface area contributed by atoms with Crippen LogP contribution in [0.2, 0.25) is 0 Å². The number of aromatic hydroxyl groups is 1. The zero-order chi connectivity index (χ0) is 42.7. The number of carbonyl (C=O) groups excluding carboxylic acids is 6. The van der Waals surface area contributed by atoms with Gasteiger partial charge in [-0.05, 0) is 19.9 Å². The van der Waals surface area contributed by atoms with Crippen molar-refractivity contribution in [2.24, 2.45) is 28.7 Å². The van der Waals surface area contributed by atoms with Crippen LogP contribution in [-0.4, -0.2) is 113 Å². The molecule has 3 heterocycles. The molecule has 1 aromatic rings. The van der Waals surface area contributed by atoms with E-state index in [1.165, 1.54) is 60.1 Å². The second-order valence-corrected chi connectivity index (χ2v) is 14.9. The molecule has 57 heavy (non-hydrogen) atoms. The number of amides is 1. The number of phenolic OH excluding ortho intramolecular Hbond substituents is 1. The van der Waals surface area contributed by atoms with Gasteiger partial charge in [0.05, 0.1) is 54.8 Å². The largest absolute Gasteiger partial charge is 0.507 e. The van der Waals surface area contributed by atoms with Gasteiger partial charge >= 0.3 is 17.7 Å². The number of nitrogens with one attached hydrogen (secondary N) is 1. The Morgan fingerprint density at radius 1 is 0.947 bits per heavy atom. The van der Waals surface area contributed by atoms with Crippen molar-refractivity contribution in [2.75, 3.05) is 20.8 Å². The van der Waals surface area contributed by atoms with Crippen LogP contribution in [0.4, 0.5) is 0 Å². The molecule has 5 rings (SSSR count). The number of ether oxygens (including phenoxy) is 5. The number of hydrogen-bond acceptors (Lipinski definition) is 15. The maximum atomic E-state index is 14.4. The number of rotatable bonds is 5. The van der Waals surface area contributed by atoms with Gasteiger partial charge in [0.1, 0.15) is 29.4 Å². The van der Waals surface area contributed by atoms with Crippen LogP contribution in [0.1, 0.15) is 91.5 Å². The molecule has 16 nitrogen and oxygen atoms in total. The van der Waals surface area contributed by atoms with Crippen molar-refractivity contribution in [2.45, 2.75) is 98.1 Å². The van der Waals surface area contributed by atoms with Crippen LogP contribution < -0.4 is 10.1 Å². The number of carbonyl (C=O) groups is 6. The van der Waals surface area contributed by atoms with Crippen molar-refractivity contribution in [3.05, 3.63) is 58.4 Å². The van der Waals surface area contributed by atoms with Crippen LogP contribution >= 0.6 is 0 Å². The monoisotopic (exact) mass is 796 g/mol. The van der Waals surface area contributed by atoms with Crippen LogP contribution in [0.15, 0.2) is 41.1 Å². The van der Waals surface area contributed by atoms with E-state index in [2.05, 4.69) is 15.0 Å². The highest BCUT2D eigenvalue weighted by Crippen LogP contribution is 2.48. The summed E-state index contributed by atoms with van der Waals surface area (Å²) < 4.78 is 27.9. The van der Waals surface area contributed by atoms with Crippen molar-refractivity contribution in [1.82, 2.24) is 5.32 Å². The number of aliphatic hydroxyl groups excluding tert-OH is 2. The molecule has 0 saturated carbocycles. The fourth-order valence-electron chi connectivity index (χ4n) is 7.34. The minimum atomic E-state index is -2.13. The van der Waals surface area contributed by atoms with E-state index in [0.717, 1.165) is 6.26 Å². The lowest BCUT2D eigenvalue weighted by atomic mass is 9.78. The van der Waals surface area contributed by atoms with Gasteiger partial charge in [0.2, 0.25) is 11.7 Å². The number of aliphatic hydroxyl groups is 2. The van der Waals surface area contributed by atoms with Gasteiger partial charge in [-0.15, -0.1) is 0 Å². The Labute approximate surface area is 330 Å². The highest BCUT2D eigenvalue weighted by Gasteiger charge is 2.54. The van der Waals surface area contributed by atoms with Gasteiger partial charge in [-0.1, -0.05) is 45.9 Å². The van der Waals surface area contributed by atoms with Crippen molar-refractivity contribution in [3.63, 3.8) is 0 Å². The number of esters is 2. The zero-order valence-corrected chi connectivity index (χ0v) is 33.8. The quantitative estimate of drug-likeness (QED) is 0.314. The van der Waals surface area contributed by atoms with Crippen molar-refractivity contribution in [1.29, 1.82) is 0 Å². The average molecular weight is 797 g/mol. The van der Waals surface area contributed by atoms with Gasteiger partial charge in [0, 0.05) is 62.3 Å². The molecule has 0 spiro atoms. The molecule has 4 aliphatic rings. The Hall–Kier alpha value is -5.19. The smallest absolute Gasteiger partial charge is 0.312 e. The predicted octanol–water partition coefficient (Wildman–Crippen LogP) is 3.12. The first kappa shape index (κ1) is 44.5. The van der Waals surface area contributed by atoms with E-state index in [1.54, 1.807) is 33.8 Å². The number of Topliss-reactive ketones (excluding diaryl/α,β-unsaturated/α-hetero) is 3. The van der Waals surface area contributed by atoms with Crippen LogP contribution in [0, 0.1) is 30.6 Å². The van der Waals surface area contributed by atoms with Crippen LogP contribution in [-0.2, 0) is 33.3 Å². The number of hydrogen-bond donors (Lipinski definition) is 4.